The number of nitrogens with one attached hydrogen (secondary N) is 1. The van der Waals surface area contributed by atoms with Crippen LogP contribution in [0.2, 0.25) is 0 Å². The Morgan fingerprint density at radius 1 is 1.38 bits per heavy atom. The maximum absolute atomic E-state index is 9.82. The van der Waals surface area contributed by atoms with Gasteiger partial charge < -0.3 is 15.5 Å². The summed E-state index contributed by atoms with van der Waals surface area (Å²) in [5.74, 6) is 0.553. The van der Waals surface area contributed by atoms with Crippen LogP contribution in [0.5, 0.6) is 11.5 Å². The normalized spacial score (nSPS) is 19.4. The molecular weight excluding hydrogens is 202 g/mol. The van der Waals surface area contributed by atoms with E-state index in [-0.39, 0.29) is 11.5 Å². The highest BCUT2D eigenvalue weighted by atomic mass is 16.3. The molecule has 0 saturated heterocycles. The highest BCUT2D eigenvalue weighted by Gasteiger charge is 2.23. The first-order valence-electron chi connectivity index (χ1n) is 5.98. The lowest BCUT2D eigenvalue weighted by Gasteiger charge is -2.26. The maximum Gasteiger partial charge on any atom is 0.160 e. The molecule has 3 nitrogen and oxygen atoms in total. The number of rotatable bonds is 3. The largest absolute Gasteiger partial charge is 0.504 e. The van der Waals surface area contributed by atoms with E-state index in [4.69, 9.17) is 0 Å². The second-order valence-electron chi connectivity index (χ2n) is 4.40. The molecule has 0 bridgehead atoms. The highest BCUT2D eigenvalue weighted by Crippen LogP contribution is 2.40. The van der Waals surface area contributed by atoms with Gasteiger partial charge in [-0.1, -0.05) is 13.0 Å². The summed E-state index contributed by atoms with van der Waals surface area (Å²) >= 11 is 0. The summed E-state index contributed by atoms with van der Waals surface area (Å²) in [4.78, 5) is 0. The number of phenolic OH excluding ortho intramolecular Hbond substituents is 2. The standard InChI is InChI=1S/C13H19NO2/c1-2-14-8-9-4-3-5-11-10(9)6-7-12(15)13(11)16/h6-7,9,14-16H,2-5,8H2,1H3/t9-/m1/s1. The van der Waals surface area contributed by atoms with Crippen molar-refractivity contribution in [3.8, 4) is 11.5 Å². The summed E-state index contributed by atoms with van der Waals surface area (Å²) < 4.78 is 0. The van der Waals surface area contributed by atoms with Crippen LogP contribution in [0.1, 0.15) is 36.8 Å². The first-order chi connectivity index (χ1) is 7.74. The number of hydrogen-bond donors (Lipinski definition) is 3. The van der Waals surface area contributed by atoms with Gasteiger partial charge in [0.1, 0.15) is 0 Å². The fourth-order valence-corrected chi connectivity index (χ4v) is 2.50. The van der Waals surface area contributed by atoms with Crippen LogP contribution < -0.4 is 5.32 Å². The minimum Gasteiger partial charge on any atom is -0.504 e. The van der Waals surface area contributed by atoms with Crippen molar-refractivity contribution in [2.75, 3.05) is 13.1 Å². The van der Waals surface area contributed by atoms with Crippen molar-refractivity contribution in [2.24, 2.45) is 0 Å². The number of likely N-dealkylation sites (N-methyl/N-ethyl adjacent to an activating group) is 1. The van der Waals surface area contributed by atoms with Gasteiger partial charge in [0.05, 0.1) is 0 Å². The molecule has 1 aliphatic carbocycles. The van der Waals surface area contributed by atoms with Crippen molar-refractivity contribution in [3.05, 3.63) is 23.3 Å². The summed E-state index contributed by atoms with van der Waals surface area (Å²) in [6, 6.07) is 3.55. The Kier molecular flexibility index (Phi) is 3.34. The van der Waals surface area contributed by atoms with E-state index in [1.165, 1.54) is 5.56 Å². The zero-order chi connectivity index (χ0) is 11.5. The van der Waals surface area contributed by atoms with Crippen LogP contribution in [0.25, 0.3) is 0 Å². The van der Waals surface area contributed by atoms with E-state index in [0.717, 1.165) is 37.9 Å². The Bertz CT molecular complexity index is 376. The van der Waals surface area contributed by atoms with Crippen molar-refractivity contribution >= 4 is 0 Å². The van der Waals surface area contributed by atoms with Crippen molar-refractivity contribution in [2.45, 2.75) is 32.1 Å². The minimum atomic E-state index is 0.00264. The predicted molar refractivity (Wildman–Crippen MR) is 64.0 cm³/mol. The van der Waals surface area contributed by atoms with E-state index in [9.17, 15) is 10.2 Å². The fourth-order valence-electron chi connectivity index (χ4n) is 2.50. The molecule has 3 heteroatoms. The van der Waals surface area contributed by atoms with Gasteiger partial charge in [0, 0.05) is 12.1 Å². The minimum absolute atomic E-state index is 0.00264. The zero-order valence-corrected chi connectivity index (χ0v) is 9.66. The van der Waals surface area contributed by atoms with E-state index >= 15 is 0 Å². The average molecular weight is 221 g/mol. The van der Waals surface area contributed by atoms with Crippen molar-refractivity contribution in [1.82, 2.24) is 5.32 Å². The third kappa shape index (κ3) is 2.00. The molecular formula is C13H19NO2. The van der Waals surface area contributed by atoms with Gasteiger partial charge >= 0.3 is 0 Å². The van der Waals surface area contributed by atoms with E-state index in [1.54, 1.807) is 6.07 Å². The molecule has 1 aromatic carbocycles. The summed E-state index contributed by atoms with van der Waals surface area (Å²) in [7, 11) is 0. The number of aromatic hydroxyl groups is 2. The summed E-state index contributed by atoms with van der Waals surface area (Å²) in [6.07, 6.45) is 3.11. The van der Waals surface area contributed by atoms with Gasteiger partial charge in [-0.2, -0.15) is 0 Å². The second-order valence-corrected chi connectivity index (χ2v) is 4.40. The topological polar surface area (TPSA) is 52.5 Å². The molecule has 0 radical (unpaired) electrons. The monoisotopic (exact) mass is 221 g/mol. The van der Waals surface area contributed by atoms with Gasteiger partial charge in [0.25, 0.3) is 0 Å². The molecule has 1 aliphatic rings. The number of fused-ring (bicyclic) bond motifs is 1. The summed E-state index contributed by atoms with van der Waals surface area (Å²) in [5.41, 5.74) is 2.14. The summed E-state index contributed by atoms with van der Waals surface area (Å²) in [6.45, 7) is 4.02. The Hall–Kier alpha value is -1.22. The Balaban J connectivity index is 2.28. The molecule has 1 aromatic rings. The van der Waals surface area contributed by atoms with Crippen molar-refractivity contribution < 1.29 is 10.2 Å². The van der Waals surface area contributed by atoms with Crippen LogP contribution in [-0.2, 0) is 6.42 Å². The van der Waals surface area contributed by atoms with Crippen LogP contribution in [-0.4, -0.2) is 23.3 Å². The molecule has 0 unspecified atom stereocenters. The maximum atomic E-state index is 9.82. The van der Waals surface area contributed by atoms with Crippen LogP contribution in [0.3, 0.4) is 0 Å². The van der Waals surface area contributed by atoms with Crippen LogP contribution in [0.4, 0.5) is 0 Å². The molecule has 0 fully saturated rings. The van der Waals surface area contributed by atoms with E-state index in [1.807, 2.05) is 6.07 Å². The lowest BCUT2D eigenvalue weighted by molar-refractivity contribution is 0.392. The van der Waals surface area contributed by atoms with Crippen LogP contribution in [0, 0.1) is 0 Å². The lowest BCUT2D eigenvalue weighted by Crippen LogP contribution is -2.24. The van der Waals surface area contributed by atoms with Crippen molar-refractivity contribution in [1.29, 1.82) is 0 Å². The molecule has 0 amide bonds. The highest BCUT2D eigenvalue weighted by molar-refractivity contribution is 5.51. The van der Waals surface area contributed by atoms with Gasteiger partial charge in [-0.15, -0.1) is 0 Å². The second kappa shape index (κ2) is 4.74. The van der Waals surface area contributed by atoms with Crippen LogP contribution >= 0.6 is 0 Å². The Morgan fingerprint density at radius 2 is 2.19 bits per heavy atom. The van der Waals surface area contributed by atoms with Crippen LogP contribution in [0.15, 0.2) is 12.1 Å². The number of hydrogen-bond acceptors (Lipinski definition) is 3. The molecule has 16 heavy (non-hydrogen) atoms. The summed E-state index contributed by atoms with van der Waals surface area (Å²) in [5, 5.41) is 22.6. The molecule has 1 atom stereocenters. The predicted octanol–water partition coefficient (Wildman–Crippen LogP) is 2.13. The Morgan fingerprint density at radius 3 is 2.94 bits per heavy atom. The molecule has 88 valence electrons. The molecule has 2 rings (SSSR count). The van der Waals surface area contributed by atoms with Gasteiger partial charge in [-0.25, -0.2) is 0 Å². The van der Waals surface area contributed by atoms with Gasteiger partial charge in [-0.05, 0) is 43.4 Å². The molecule has 0 saturated carbocycles. The first-order valence-corrected chi connectivity index (χ1v) is 5.98. The molecule has 0 spiro atoms. The van der Waals surface area contributed by atoms with Gasteiger partial charge in [0.2, 0.25) is 0 Å². The van der Waals surface area contributed by atoms with E-state index < -0.39 is 0 Å². The average Bonchev–Trinajstić information content (AvgIpc) is 2.31. The number of phenols is 2. The molecule has 3 N–H and O–H groups in total. The first kappa shape index (κ1) is 11.3. The van der Waals surface area contributed by atoms with E-state index in [0.29, 0.717) is 5.92 Å². The van der Waals surface area contributed by atoms with Crippen molar-refractivity contribution in [3.63, 3.8) is 0 Å². The molecule has 0 aliphatic heterocycles. The zero-order valence-electron chi connectivity index (χ0n) is 9.66. The third-order valence-electron chi connectivity index (χ3n) is 3.36. The fraction of sp³-hybridized carbons (Fsp3) is 0.538. The van der Waals surface area contributed by atoms with Gasteiger partial charge in [0.15, 0.2) is 11.5 Å². The lowest BCUT2D eigenvalue weighted by atomic mass is 9.82. The Labute approximate surface area is 96.1 Å². The SMILES string of the molecule is CCNC[C@H]1CCCc2c1ccc(O)c2O. The van der Waals surface area contributed by atoms with Gasteiger partial charge in [-0.3, -0.25) is 0 Å². The quantitative estimate of drug-likeness (QED) is 0.685. The third-order valence-corrected chi connectivity index (χ3v) is 3.36. The molecule has 0 aromatic heterocycles. The van der Waals surface area contributed by atoms with E-state index in [2.05, 4.69) is 12.2 Å². The number of benzene rings is 1. The molecule has 0 heterocycles. The smallest absolute Gasteiger partial charge is 0.160 e.